The quantitative estimate of drug-likeness (QED) is 0.164. The number of hydrogen-bond acceptors (Lipinski definition) is 0. The Morgan fingerprint density at radius 2 is 0.797 bits per heavy atom. The highest BCUT2D eigenvalue weighted by atomic mass is 15.0. The zero-order valence-electron chi connectivity index (χ0n) is 35.2. The zero-order chi connectivity index (χ0) is 42.0. The number of para-hydroxylation sites is 4. The zero-order valence-corrected chi connectivity index (χ0v) is 35.2. The predicted molar refractivity (Wildman–Crippen MR) is 265 cm³/mol. The molecule has 3 aliphatic rings. The molecule has 9 aromatic carbocycles. The first-order valence-electron chi connectivity index (χ1n) is 22.7. The second-order valence-electron chi connectivity index (χ2n) is 17.8. The second kappa shape index (κ2) is 13.3. The van der Waals surface area contributed by atoms with Gasteiger partial charge in [-0.25, -0.2) is 0 Å². The molecule has 2 nitrogen and oxygen atoms in total. The van der Waals surface area contributed by atoms with Crippen LogP contribution in [0.25, 0.3) is 66.1 Å². The van der Waals surface area contributed by atoms with Crippen LogP contribution in [0.2, 0.25) is 0 Å². The van der Waals surface area contributed by atoms with Crippen LogP contribution in [0, 0.1) is 0 Å². The molecular weight excluding hydrogens is 773 g/mol. The largest absolute Gasteiger partial charge is 0.309 e. The van der Waals surface area contributed by atoms with Crippen molar-refractivity contribution in [2.45, 2.75) is 23.7 Å². The van der Waals surface area contributed by atoms with Crippen LogP contribution in [0.4, 0.5) is 0 Å². The topological polar surface area (TPSA) is 9.86 Å². The maximum atomic E-state index is 2.55. The summed E-state index contributed by atoms with van der Waals surface area (Å²) in [6, 6.07) is 80.0. The molecule has 1 aliphatic carbocycles. The Morgan fingerprint density at radius 3 is 1.30 bits per heavy atom. The van der Waals surface area contributed by atoms with Crippen molar-refractivity contribution in [1.29, 1.82) is 0 Å². The molecule has 1 unspecified atom stereocenters. The van der Waals surface area contributed by atoms with Crippen LogP contribution >= 0.6 is 0 Å². The molecule has 0 spiro atoms. The number of fused-ring (bicyclic) bond motifs is 10. The van der Waals surface area contributed by atoms with Crippen molar-refractivity contribution in [3.8, 4) is 22.5 Å². The third-order valence-corrected chi connectivity index (χ3v) is 14.9. The van der Waals surface area contributed by atoms with E-state index in [9.17, 15) is 0 Å². The van der Waals surface area contributed by atoms with Gasteiger partial charge in [-0.05, 0) is 99.3 Å². The molecule has 0 fully saturated rings. The van der Waals surface area contributed by atoms with Gasteiger partial charge in [-0.2, -0.15) is 0 Å². The van der Waals surface area contributed by atoms with E-state index in [0.29, 0.717) is 0 Å². The molecule has 2 aromatic heterocycles. The standard InChI is InChI=1S/C62H42N2/c1-5-19-43(20-6-1)61(44-21-7-2-8-22-44)51-29-13-15-33-57(51)63-55-37-35-41(39-49(55)47-27-17-31-53(61)59(47)63)42-36-38-56-50(40-42)48-28-18-32-54-60(48)64(56)58-34-16-14-30-52(58)62(54,45-23-9-3-10-24-45)46-25-11-4-12-26-46/h1-11,13-25,27-40H,12,26H2. The van der Waals surface area contributed by atoms with Crippen molar-refractivity contribution in [2.24, 2.45) is 0 Å². The number of rotatable bonds is 5. The predicted octanol–water partition coefficient (Wildman–Crippen LogP) is 15.2. The van der Waals surface area contributed by atoms with Gasteiger partial charge in [0, 0.05) is 21.5 Å². The minimum Gasteiger partial charge on any atom is -0.309 e. The summed E-state index contributed by atoms with van der Waals surface area (Å²) >= 11 is 0. The SMILES string of the molecule is C1=CCCC(C2(c3ccccc3)c3ccccc3-n3c4ccc(-c5ccc6c(c5)c5cccc7c5n6-c5ccccc5C7(c5ccccc5)c5ccccc5)cc4c4cccc2c43)=C1. The molecule has 0 N–H and O–H groups in total. The summed E-state index contributed by atoms with van der Waals surface area (Å²) in [5.74, 6) is 0. The summed E-state index contributed by atoms with van der Waals surface area (Å²) in [5.41, 5.74) is 19.7. The minimum atomic E-state index is -0.491. The Hall–Kier alpha value is -7.94. The van der Waals surface area contributed by atoms with Gasteiger partial charge in [0.05, 0.1) is 44.3 Å². The van der Waals surface area contributed by atoms with Crippen molar-refractivity contribution >= 4 is 43.6 Å². The normalized spacial score (nSPS) is 16.8. The van der Waals surface area contributed by atoms with E-state index in [-0.39, 0.29) is 0 Å². The highest BCUT2D eigenvalue weighted by molar-refractivity contribution is 6.15. The van der Waals surface area contributed by atoms with E-state index in [0.717, 1.165) is 12.8 Å². The summed E-state index contributed by atoms with van der Waals surface area (Å²) in [5, 5.41) is 5.10. The molecule has 4 heterocycles. The molecule has 300 valence electrons. The van der Waals surface area contributed by atoms with Crippen LogP contribution in [-0.2, 0) is 10.8 Å². The van der Waals surface area contributed by atoms with Gasteiger partial charge in [0.15, 0.2) is 0 Å². The molecule has 0 radical (unpaired) electrons. The van der Waals surface area contributed by atoms with E-state index in [1.165, 1.54) is 111 Å². The molecular formula is C62H42N2. The molecule has 2 aliphatic heterocycles. The van der Waals surface area contributed by atoms with E-state index in [1.54, 1.807) is 0 Å². The summed E-state index contributed by atoms with van der Waals surface area (Å²) in [7, 11) is 0. The van der Waals surface area contributed by atoms with E-state index < -0.39 is 10.8 Å². The molecule has 64 heavy (non-hydrogen) atoms. The van der Waals surface area contributed by atoms with Gasteiger partial charge < -0.3 is 9.13 Å². The fourth-order valence-corrected chi connectivity index (χ4v) is 12.5. The third kappa shape index (κ3) is 4.49. The fourth-order valence-electron chi connectivity index (χ4n) is 12.5. The van der Waals surface area contributed by atoms with Gasteiger partial charge in [0.2, 0.25) is 0 Å². The fraction of sp³-hybridized carbons (Fsp3) is 0.0645. The van der Waals surface area contributed by atoms with Gasteiger partial charge in [-0.15, -0.1) is 0 Å². The van der Waals surface area contributed by atoms with Crippen LogP contribution < -0.4 is 0 Å². The molecule has 0 saturated heterocycles. The van der Waals surface area contributed by atoms with Gasteiger partial charge in [0.1, 0.15) is 0 Å². The first-order valence-corrected chi connectivity index (χ1v) is 22.7. The summed E-state index contributed by atoms with van der Waals surface area (Å²) in [6.45, 7) is 0. The Labute approximate surface area is 372 Å². The molecule has 1 atom stereocenters. The van der Waals surface area contributed by atoms with E-state index in [1.807, 2.05) is 0 Å². The second-order valence-corrected chi connectivity index (χ2v) is 17.8. The lowest BCUT2D eigenvalue weighted by atomic mass is 9.61. The number of benzene rings is 9. The smallest absolute Gasteiger partial charge is 0.0742 e. The average molecular weight is 815 g/mol. The Balaban J connectivity index is 1.01. The van der Waals surface area contributed by atoms with Crippen molar-refractivity contribution in [3.05, 3.63) is 275 Å². The number of hydrogen-bond donors (Lipinski definition) is 0. The molecule has 0 amide bonds. The van der Waals surface area contributed by atoms with E-state index in [4.69, 9.17) is 0 Å². The molecule has 14 rings (SSSR count). The lowest BCUT2D eigenvalue weighted by Crippen LogP contribution is -2.36. The molecule has 0 saturated carbocycles. The van der Waals surface area contributed by atoms with Gasteiger partial charge in [-0.1, -0.05) is 200 Å². The summed E-state index contributed by atoms with van der Waals surface area (Å²) < 4.78 is 5.08. The van der Waals surface area contributed by atoms with Crippen molar-refractivity contribution in [1.82, 2.24) is 9.13 Å². The first-order chi connectivity index (χ1) is 31.8. The maximum Gasteiger partial charge on any atom is 0.0742 e. The Kier molecular flexibility index (Phi) is 7.40. The summed E-state index contributed by atoms with van der Waals surface area (Å²) in [6.07, 6.45) is 9.03. The van der Waals surface area contributed by atoms with E-state index in [2.05, 4.69) is 240 Å². The minimum absolute atomic E-state index is 0.408. The first kappa shape index (κ1) is 35.6. The highest BCUT2D eigenvalue weighted by Crippen LogP contribution is 2.57. The lowest BCUT2D eigenvalue weighted by Gasteiger charge is -2.43. The van der Waals surface area contributed by atoms with Crippen LogP contribution in [0.15, 0.2) is 236 Å². The number of nitrogens with zero attached hydrogens (tertiary/aromatic N) is 2. The van der Waals surface area contributed by atoms with Crippen molar-refractivity contribution in [3.63, 3.8) is 0 Å². The van der Waals surface area contributed by atoms with Crippen LogP contribution in [0.1, 0.15) is 51.8 Å². The van der Waals surface area contributed by atoms with Crippen LogP contribution in [0.5, 0.6) is 0 Å². The highest BCUT2D eigenvalue weighted by Gasteiger charge is 2.47. The van der Waals surface area contributed by atoms with Gasteiger partial charge in [0.25, 0.3) is 0 Å². The Bertz CT molecular complexity index is 3730. The summed E-state index contributed by atoms with van der Waals surface area (Å²) in [4.78, 5) is 0. The molecule has 2 heteroatoms. The maximum absolute atomic E-state index is 2.55. The monoisotopic (exact) mass is 814 g/mol. The van der Waals surface area contributed by atoms with Crippen molar-refractivity contribution < 1.29 is 0 Å². The van der Waals surface area contributed by atoms with Gasteiger partial charge in [-0.3, -0.25) is 0 Å². The number of allylic oxidation sites excluding steroid dienone is 4. The van der Waals surface area contributed by atoms with Crippen LogP contribution in [-0.4, -0.2) is 9.13 Å². The van der Waals surface area contributed by atoms with Gasteiger partial charge >= 0.3 is 0 Å². The molecule has 11 aromatic rings. The molecule has 0 bridgehead atoms. The van der Waals surface area contributed by atoms with Crippen molar-refractivity contribution in [2.75, 3.05) is 0 Å². The average Bonchev–Trinajstić information content (AvgIpc) is 3.89. The Morgan fingerprint density at radius 1 is 0.359 bits per heavy atom. The third-order valence-electron chi connectivity index (χ3n) is 14.9. The lowest BCUT2D eigenvalue weighted by molar-refractivity contribution is 0.666. The van der Waals surface area contributed by atoms with Crippen LogP contribution in [0.3, 0.4) is 0 Å². The number of aromatic nitrogens is 2. The van der Waals surface area contributed by atoms with E-state index >= 15 is 0 Å².